The van der Waals surface area contributed by atoms with Crippen molar-refractivity contribution in [1.29, 1.82) is 0 Å². The number of phenols is 1. The lowest BCUT2D eigenvalue weighted by atomic mass is 10.0. The zero-order valence-electron chi connectivity index (χ0n) is 7.23. The van der Waals surface area contributed by atoms with Crippen molar-refractivity contribution in [3.63, 3.8) is 0 Å². The maximum Gasteiger partial charge on any atom is 0.315 e. The van der Waals surface area contributed by atoms with E-state index in [1.54, 1.807) is 31.2 Å². The van der Waals surface area contributed by atoms with Gasteiger partial charge < -0.3 is 9.63 Å². The second-order valence-electron chi connectivity index (χ2n) is 2.75. The number of hydrogen-bond acceptors (Lipinski definition) is 3. The van der Waals surface area contributed by atoms with E-state index in [-0.39, 0.29) is 17.6 Å². The van der Waals surface area contributed by atoms with E-state index < -0.39 is 0 Å². The molecule has 1 aromatic carbocycles. The van der Waals surface area contributed by atoms with E-state index in [9.17, 15) is 4.79 Å². The summed E-state index contributed by atoms with van der Waals surface area (Å²) in [5.41, 5.74) is 0.824. The van der Waals surface area contributed by atoms with E-state index in [0.29, 0.717) is 0 Å². The largest absolute Gasteiger partial charge is 0.508 e. The Balaban J connectivity index is 2.83. The Morgan fingerprint density at radius 2 is 2.00 bits per heavy atom. The zero-order valence-corrected chi connectivity index (χ0v) is 8.38. The number of carbonyl (C=O) groups excluding carboxylic acids is 1. The number of aromatic hydroxyl groups is 1. The molecule has 4 heteroatoms. The van der Waals surface area contributed by atoms with Gasteiger partial charge in [0.15, 0.2) is 0 Å². The molecular weight excluding hydrogens is 187 g/mol. The van der Waals surface area contributed by atoms with Gasteiger partial charge in [-0.1, -0.05) is 12.1 Å². The van der Waals surface area contributed by atoms with Crippen molar-refractivity contribution < 1.29 is 14.4 Å². The van der Waals surface area contributed by atoms with Gasteiger partial charge >= 0.3 is 5.97 Å². The highest BCUT2D eigenvalue weighted by atomic mass is 31.0. The summed E-state index contributed by atoms with van der Waals surface area (Å²) in [7, 11) is 1.92. The topological polar surface area (TPSA) is 46.5 Å². The minimum atomic E-state index is -0.310. The van der Waals surface area contributed by atoms with Crippen LogP contribution in [0, 0.1) is 0 Å². The van der Waals surface area contributed by atoms with Crippen molar-refractivity contribution in [2.24, 2.45) is 0 Å². The molecule has 1 aromatic rings. The van der Waals surface area contributed by atoms with Gasteiger partial charge in [-0.15, -0.1) is 0 Å². The van der Waals surface area contributed by atoms with Gasteiger partial charge in [0, 0.05) is 0 Å². The fraction of sp³-hybridized carbons (Fsp3) is 0.222. The van der Waals surface area contributed by atoms with Crippen LogP contribution in [0.2, 0.25) is 0 Å². The Morgan fingerprint density at radius 3 is 2.46 bits per heavy atom. The molecule has 0 amide bonds. The molecule has 0 fully saturated rings. The van der Waals surface area contributed by atoms with E-state index in [2.05, 4.69) is 4.52 Å². The summed E-state index contributed by atoms with van der Waals surface area (Å²) in [6.07, 6.45) is 0. The van der Waals surface area contributed by atoms with Crippen LogP contribution in [-0.4, -0.2) is 11.1 Å². The first-order valence-electron chi connectivity index (χ1n) is 3.84. The number of carbonyl (C=O) groups is 1. The summed E-state index contributed by atoms with van der Waals surface area (Å²) < 4.78 is 4.51. The van der Waals surface area contributed by atoms with Gasteiger partial charge in [-0.05, 0) is 24.6 Å². The standard InChI is InChI=1S/C9H11O3P/c1-6(9(11)12-13)7-2-4-8(10)5-3-7/h2-6,10H,13H2,1H3. The molecule has 2 atom stereocenters. The maximum atomic E-state index is 11.1. The fourth-order valence-corrected chi connectivity index (χ4v) is 1.21. The third-order valence-electron chi connectivity index (χ3n) is 1.86. The molecule has 0 saturated carbocycles. The van der Waals surface area contributed by atoms with Gasteiger partial charge in [-0.2, -0.15) is 0 Å². The quantitative estimate of drug-likeness (QED) is 0.737. The summed E-state index contributed by atoms with van der Waals surface area (Å²) in [5, 5.41) is 9.01. The normalized spacial score (nSPS) is 12.2. The van der Waals surface area contributed by atoms with Crippen molar-refractivity contribution in [1.82, 2.24) is 0 Å². The van der Waals surface area contributed by atoms with Crippen molar-refractivity contribution in [2.75, 3.05) is 0 Å². The molecular formula is C9H11O3P. The lowest BCUT2D eigenvalue weighted by Crippen LogP contribution is -2.07. The molecule has 0 radical (unpaired) electrons. The SMILES string of the molecule is CC(C(=O)OP)c1ccc(O)cc1. The smallest absolute Gasteiger partial charge is 0.315 e. The van der Waals surface area contributed by atoms with E-state index in [4.69, 9.17) is 5.11 Å². The molecule has 0 aliphatic carbocycles. The van der Waals surface area contributed by atoms with Crippen molar-refractivity contribution >= 4 is 15.4 Å². The second kappa shape index (κ2) is 4.24. The number of phenolic OH excluding ortho intramolecular Hbond substituents is 1. The van der Waals surface area contributed by atoms with Crippen LogP contribution in [0.5, 0.6) is 5.75 Å². The Labute approximate surface area is 79.0 Å². The molecule has 0 saturated heterocycles. The molecule has 0 spiro atoms. The summed E-state index contributed by atoms with van der Waals surface area (Å²) in [6, 6.07) is 6.48. The third-order valence-corrected chi connectivity index (χ3v) is 2.10. The van der Waals surface area contributed by atoms with Crippen LogP contribution in [0.1, 0.15) is 18.4 Å². The van der Waals surface area contributed by atoms with Crippen LogP contribution in [0.25, 0.3) is 0 Å². The van der Waals surface area contributed by atoms with Crippen LogP contribution >= 0.6 is 9.47 Å². The Kier molecular flexibility index (Phi) is 3.26. The summed E-state index contributed by atoms with van der Waals surface area (Å²) >= 11 is 0. The van der Waals surface area contributed by atoms with E-state index in [1.165, 1.54) is 0 Å². The summed E-state index contributed by atoms with van der Waals surface area (Å²) in [5.74, 6) is -0.427. The van der Waals surface area contributed by atoms with E-state index >= 15 is 0 Å². The highest BCUT2D eigenvalue weighted by Gasteiger charge is 2.14. The summed E-state index contributed by atoms with van der Waals surface area (Å²) in [4.78, 5) is 11.1. The van der Waals surface area contributed by atoms with Gasteiger partial charge in [0.05, 0.1) is 15.4 Å². The minimum absolute atomic E-state index is 0.190. The minimum Gasteiger partial charge on any atom is -0.508 e. The number of hydrogen-bond donors (Lipinski definition) is 1. The highest BCUT2D eigenvalue weighted by molar-refractivity contribution is 7.10. The maximum absolute atomic E-state index is 11.1. The first-order valence-corrected chi connectivity index (χ1v) is 4.32. The molecule has 3 nitrogen and oxygen atoms in total. The van der Waals surface area contributed by atoms with Crippen LogP contribution in [0.15, 0.2) is 24.3 Å². The van der Waals surface area contributed by atoms with E-state index in [1.807, 2.05) is 9.47 Å². The number of benzene rings is 1. The Morgan fingerprint density at radius 1 is 1.46 bits per heavy atom. The lowest BCUT2D eigenvalue weighted by molar-refractivity contribution is -0.134. The van der Waals surface area contributed by atoms with Crippen LogP contribution in [0.3, 0.4) is 0 Å². The molecule has 0 aliphatic rings. The van der Waals surface area contributed by atoms with Gasteiger partial charge in [-0.25, -0.2) is 0 Å². The van der Waals surface area contributed by atoms with Crippen LogP contribution in [-0.2, 0) is 9.32 Å². The molecule has 0 aromatic heterocycles. The first-order chi connectivity index (χ1) is 6.15. The van der Waals surface area contributed by atoms with Crippen LogP contribution < -0.4 is 0 Å². The van der Waals surface area contributed by atoms with Crippen molar-refractivity contribution in [2.45, 2.75) is 12.8 Å². The molecule has 0 bridgehead atoms. The molecule has 2 unspecified atom stereocenters. The molecule has 70 valence electrons. The monoisotopic (exact) mass is 198 g/mol. The lowest BCUT2D eigenvalue weighted by Gasteiger charge is -2.08. The molecule has 13 heavy (non-hydrogen) atoms. The molecule has 0 aliphatic heterocycles. The Bertz CT molecular complexity index is 294. The van der Waals surface area contributed by atoms with Gasteiger partial charge in [0.1, 0.15) is 5.75 Å². The van der Waals surface area contributed by atoms with Gasteiger partial charge in [0.25, 0.3) is 0 Å². The zero-order chi connectivity index (χ0) is 9.84. The molecule has 1 rings (SSSR count). The average molecular weight is 198 g/mol. The fourth-order valence-electron chi connectivity index (χ4n) is 1.00. The highest BCUT2D eigenvalue weighted by Crippen LogP contribution is 2.20. The van der Waals surface area contributed by atoms with Crippen molar-refractivity contribution in [3.05, 3.63) is 29.8 Å². The number of rotatable bonds is 2. The predicted molar refractivity (Wildman–Crippen MR) is 52.3 cm³/mol. The van der Waals surface area contributed by atoms with Crippen molar-refractivity contribution in [3.8, 4) is 5.75 Å². The average Bonchev–Trinajstić information content (AvgIpc) is 2.17. The van der Waals surface area contributed by atoms with E-state index in [0.717, 1.165) is 5.56 Å². The third kappa shape index (κ3) is 2.43. The predicted octanol–water partition coefficient (Wildman–Crippen LogP) is 1.83. The van der Waals surface area contributed by atoms with Crippen LogP contribution in [0.4, 0.5) is 0 Å². The molecule has 1 N–H and O–H groups in total. The first kappa shape index (κ1) is 10.0. The summed E-state index contributed by atoms with van der Waals surface area (Å²) in [6.45, 7) is 1.75. The van der Waals surface area contributed by atoms with Gasteiger partial charge in [-0.3, -0.25) is 4.79 Å². The Hall–Kier alpha value is -1.08. The molecule has 0 heterocycles. The second-order valence-corrected chi connectivity index (χ2v) is 2.99. The van der Waals surface area contributed by atoms with Gasteiger partial charge in [0.2, 0.25) is 0 Å².